The molecule has 0 bridgehead atoms. The van der Waals surface area contributed by atoms with Crippen molar-refractivity contribution in [2.75, 3.05) is 33.0 Å². The van der Waals surface area contributed by atoms with Gasteiger partial charge in [-0.05, 0) is 94.1 Å². The Hall–Kier alpha value is -3.31. The van der Waals surface area contributed by atoms with Crippen LogP contribution in [0, 0.1) is 32.5 Å². The third-order valence-corrected chi connectivity index (χ3v) is 12.2. The Morgan fingerprint density at radius 2 is 1.31 bits per heavy atom. The lowest BCUT2D eigenvalue weighted by Gasteiger charge is -2.55. The number of benzene rings is 1. The van der Waals surface area contributed by atoms with Gasteiger partial charge in [-0.1, -0.05) is 80.9 Å². The number of carboxylic acid groups (broad SMARTS) is 1. The van der Waals surface area contributed by atoms with Gasteiger partial charge in [-0.2, -0.15) is 0 Å². The van der Waals surface area contributed by atoms with Gasteiger partial charge in [0.05, 0.1) is 34.7 Å². The van der Waals surface area contributed by atoms with Gasteiger partial charge in [0.1, 0.15) is 25.4 Å². The normalized spacial score (nSPS) is 20.1. The van der Waals surface area contributed by atoms with E-state index in [0.29, 0.717) is 25.9 Å². The van der Waals surface area contributed by atoms with Crippen molar-refractivity contribution in [3.8, 4) is 0 Å². The summed E-state index contributed by atoms with van der Waals surface area (Å²) < 4.78 is 28.6. The van der Waals surface area contributed by atoms with Crippen LogP contribution in [-0.2, 0) is 38.1 Å². The molecule has 0 amide bonds. The number of aromatic carboxylic acids is 1. The minimum absolute atomic E-state index is 0.00493. The standard InChI is InChI=1S/C44H70O11/c1-30(2)51-23-19-15-16-22-33(45)40(9,10)55-27-26-53-36(49)43(14,39(6,7)8)41(11,12)42(13)29-44(42,28-38(3,4)5)37(50)54-25-24-52-35(48)32-21-18-17-20-31(32)34(46)47/h17-18,20-21,30H,15-16,19,22-29H2,1-14H3,(H,46,47). The van der Waals surface area contributed by atoms with E-state index in [1.54, 1.807) is 19.9 Å². The topological polar surface area (TPSA) is 152 Å². The maximum atomic E-state index is 14.3. The van der Waals surface area contributed by atoms with Crippen molar-refractivity contribution in [1.82, 2.24) is 0 Å². The van der Waals surface area contributed by atoms with Crippen LogP contribution in [0.1, 0.15) is 156 Å². The maximum absolute atomic E-state index is 14.3. The molecule has 0 aliphatic heterocycles. The van der Waals surface area contributed by atoms with E-state index >= 15 is 0 Å². The van der Waals surface area contributed by atoms with Crippen LogP contribution in [0.3, 0.4) is 0 Å². The van der Waals surface area contributed by atoms with E-state index in [-0.39, 0.29) is 54.9 Å². The van der Waals surface area contributed by atoms with Gasteiger partial charge in [0, 0.05) is 13.0 Å². The number of ketones is 1. The average molecular weight is 775 g/mol. The molecule has 1 aromatic rings. The molecule has 11 heteroatoms. The number of rotatable bonds is 22. The maximum Gasteiger partial charge on any atom is 0.339 e. The second-order valence-corrected chi connectivity index (χ2v) is 19.1. The zero-order valence-electron chi connectivity index (χ0n) is 36.2. The van der Waals surface area contributed by atoms with Gasteiger partial charge in [0.15, 0.2) is 5.78 Å². The van der Waals surface area contributed by atoms with E-state index in [2.05, 4.69) is 20.8 Å². The summed E-state index contributed by atoms with van der Waals surface area (Å²) in [6.07, 6.45) is 4.08. The number of hydrogen-bond donors (Lipinski definition) is 1. The molecule has 3 atom stereocenters. The largest absolute Gasteiger partial charge is 0.478 e. The average Bonchev–Trinajstić information content (AvgIpc) is 3.69. The van der Waals surface area contributed by atoms with Crippen LogP contribution in [0.15, 0.2) is 24.3 Å². The number of hydrogen-bond acceptors (Lipinski definition) is 10. The lowest BCUT2D eigenvalue weighted by molar-refractivity contribution is -0.187. The van der Waals surface area contributed by atoms with Crippen molar-refractivity contribution in [1.29, 1.82) is 0 Å². The first-order valence-electron chi connectivity index (χ1n) is 19.7. The number of esters is 3. The summed E-state index contributed by atoms with van der Waals surface area (Å²) in [6, 6.07) is 5.75. The predicted molar refractivity (Wildman–Crippen MR) is 211 cm³/mol. The minimum atomic E-state index is -1.25. The summed E-state index contributed by atoms with van der Waals surface area (Å²) in [6.45, 7) is 27.8. The molecule has 0 radical (unpaired) electrons. The summed E-state index contributed by atoms with van der Waals surface area (Å²) in [5, 5.41) is 9.43. The van der Waals surface area contributed by atoms with Crippen LogP contribution >= 0.6 is 0 Å². The number of carboxylic acids is 1. The zero-order valence-corrected chi connectivity index (χ0v) is 36.2. The van der Waals surface area contributed by atoms with E-state index in [4.69, 9.17) is 23.7 Å². The lowest BCUT2D eigenvalue weighted by Crippen LogP contribution is -2.57. The van der Waals surface area contributed by atoms with Crippen molar-refractivity contribution in [3.63, 3.8) is 0 Å². The highest BCUT2D eigenvalue weighted by molar-refractivity contribution is 6.02. The van der Waals surface area contributed by atoms with E-state index in [9.17, 15) is 29.1 Å². The summed E-state index contributed by atoms with van der Waals surface area (Å²) in [5.41, 5.74) is -5.71. The Morgan fingerprint density at radius 1 is 0.745 bits per heavy atom. The van der Waals surface area contributed by atoms with Crippen molar-refractivity contribution in [2.45, 2.75) is 147 Å². The first-order valence-corrected chi connectivity index (χ1v) is 19.7. The molecule has 1 aromatic carbocycles. The van der Waals surface area contributed by atoms with Crippen molar-refractivity contribution in [2.24, 2.45) is 32.5 Å². The first-order chi connectivity index (χ1) is 25.1. The molecular weight excluding hydrogens is 704 g/mol. The van der Waals surface area contributed by atoms with Gasteiger partial charge in [-0.3, -0.25) is 14.4 Å². The lowest BCUT2D eigenvalue weighted by atomic mass is 9.48. The molecule has 1 saturated carbocycles. The molecule has 3 unspecified atom stereocenters. The van der Waals surface area contributed by atoms with Gasteiger partial charge in [-0.15, -0.1) is 0 Å². The molecule has 312 valence electrons. The van der Waals surface area contributed by atoms with E-state index in [1.165, 1.54) is 18.2 Å². The van der Waals surface area contributed by atoms with Gasteiger partial charge in [-0.25, -0.2) is 9.59 Å². The van der Waals surface area contributed by atoms with E-state index < -0.39 is 56.6 Å². The second kappa shape index (κ2) is 18.3. The number of Topliss-reactive ketones (excluding diaryl/α,β-unsaturated/α-hetero) is 1. The highest BCUT2D eigenvalue weighted by Crippen LogP contribution is 2.79. The molecule has 55 heavy (non-hydrogen) atoms. The van der Waals surface area contributed by atoms with Crippen LogP contribution in [-0.4, -0.2) is 79.5 Å². The molecule has 1 fully saturated rings. The molecule has 0 heterocycles. The van der Waals surface area contributed by atoms with E-state index in [0.717, 1.165) is 19.3 Å². The zero-order chi connectivity index (χ0) is 42.3. The summed E-state index contributed by atoms with van der Waals surface area (Å²) in [7, 11) is 0. The second-order valence-electron chi connectivity index (χ2n) is 19.1. The summed E-state index contributed by atoms with van der Waals surface area (Å²) in [4.78, 5) is 65.7. The minimum Gasteiger partial charge on any atom is -0.478 e. The Bertz CT molecular complexity index is 1510. The van der Waals surface area contributed by atoms with Gasteiger partial charge >= 0.3 is 23.9 Å². The highest BCUT2D eigenvalue weighted by Gasteiger charge is 2.80. The van der Waals surface area contributed by atoms with Crippen molar-refractivity contribution >= 4 is 29.7 Å². The quantitative estimate of drug-likeness (QED) is 0.0683. The van der Waals surface area contributed by atoms with Gasteiger partial charge in [0.25, 0.3) is 0 Å². The summed E-state index contributed by atoms with van der Waals surface area (Å²) in [5.74, 6) is -2.93. The molecular formula is C44H70O11. The predicted octanol–water partition coefficient (Wildman–Crippen LogP) is 8.89. The highest BCUT2D eigenvalue weighted by atomic mass is 16.6. The van der Waals surface area contributed by atoms with Crippen LogP contribution in [0.25, 0.3) is 0 Å². The monoisotopic (exact) mass is 774 g/mol. The van der Waals surface area contributed by atoms with E-state index in [1.807, 2.05) is 62.3 Å². The van der Waals surface area contributed by atoms with Crippen LogP contribution < -0.4 is 0 Å². The fraction of sp³-hybridized carbons (Fsp3) is 0.750. The fourth-order valence-corrected chi connectivity index (χ4v) is 8.13. The van der Waals surface area contributed by atoms with Crippen LogP contribution in [0.4, 0.5) is 0 Å². The van der Waals surface area contributed by atoms with Crippen LogP contribution in [0.5, 0.6) is 0 Å². The Balaban J connectivity index is 2.15. The molecule has 0 aromatic heterocycles. The Kier molecular flexibility index (Phi) is 15.9. The summed E-state index contributed by atoms with van der Waals surface area (Å²) >= 11 is 0. The Morgan fingerprint density at radius 3 is 1.85 bits per heavy atom. The molecule has 11 nitrogen and oxygen atoms in total. The van der Waals surface area contributed by atoms with Gasteiger partial charge < -0.3 is 28.8 Å². The first kappa shape index (κ1) is 47.8. The smallest absolute Gasteiger partial charge is 0.339 e. The molecule has 1 aliphatic carbocycles. The molecule has 2 rings (SSSR count). The molecule has 0 saturated heterocycles. The number of unbranched alkanes of at least 4 members (excludes halogenated alkanes) is 2. The Labute approximate surface area is 329 Å². The van der Waals surface area contributed by atoms with Crippen molar-refractivity contribution < 1.29 is 52.8 Å². The van der Waals surface area contributed by atoms with Gasteiger partial charge in [0.2, 0.25) is 0 Å². The number of carbonyl (C=O) groups excluding carboxylic acids is 4. The molecule has 0 spiro atoms. The van der Waals surface area contributed by atoms with Crippen LogP contribution in [0.2, 0.25) is 0 Å². The molecule has 1 aliphatic rings. The molecule has 1 N–H and O–H groups in total. The number of carbonyl (C=O) groups is 5. The number of ether oxygens (including phenoxy) is 5. The SMILES string of the molecule is CC(C)OCCCCCC(=O)C(C)(C)OCCOC(=O)C(C)(C(C)(C)C)C(C)(C)C1(C)CC1(CC(C)(C)C)C(=O)OCCOC(=O)c1ccccc1C(=O)O. The van der Waals surface area contributed by atoms with Crippen molar-refractivity contribution in [3.05, 3.63) is 35.4 Å². The third-order valence-electron chi connectivity index (χ3n) is 12.2. The fourth-order valence-electron chi connectivity index (χ4n) is 8.13. The third kappa shape index (κ3) is 11.2.